The first-order valence-electron chi connectivity index (χ1n) is 6.18. The molecule has 7 heteroatoms. The van der Waals surface area contributed by atoms with E-state index in [1.165, 1.54) is 0 Å². The van der Waals surface area contributed by atoms with Gasteiger partial charge in [0.2, 0.25) is 0 Å². The fraction of sp³-hybridized carbons (Fsp3) is 0.385. The molecular weight excluding hydrogens is 317 g/mol. The van der Waals surface area contributed by atoms with E-state index >= 15 is 0 Å². The van der Waals surface area contributed by atoms with Gasteiger partial charge < -0.3 is 10.1 Å². The average Bonchev–Trinajstić information content (AvgIpc) is 2.87. The summed E-state index contributed by atoms with van der Waals surface area (Å²) >= 11 is 13.6. The third-order valence-electron chi connectivity index (χ3n) is 2.63. The lowest BCUT2D eigenvalue weighted by Crippen LogP contribution is -2.21. The SMILES string of the molecule is COCCNCCc1nnc(-c2ccc(Cl)cc2Cl)s1. The molecule has 1 N–H and O–H groups in total. The quantitative estimate of drug-likeness (QED) is 0.791. The summed E-state index contributed by atoms with van der Waals surface area (Å²) in [7, 11) is 1.69. The van der Waals surface area contributed by atoms with E-state index < -0.39 is 0 Å². The molecule has 0 fully saturated rings. The second kappa shape index (κ2) is 7.90. The normalized spacial score (nSPS) is 10.9. The molecule has 0 saturated carbocycles. The standard InChI is InChI=1S/C13H15Cl2N3OS/c1-19-7-6-16-5-4-12-17-18-13(20-12)10-3-2-9(14)8-11(10)15/h2-3,8,16H,4-7H2,1H3. The van der Waals surface area contributed by atoms with Gasteiger partial charge in [-0.1, -0.05) is 34.5 Å². The minimum atomic E-state index is 0.596. The zero-order valence-electron chi connectivity index (χ0n) is 11.0. The molecule has 1 aromatic heterocycles. The van der Waals surface area contributed by atoms with Crippen LogP contribution < -0.4 is 5.32 Å². The van der Waals surface area contributed by atoms with Crippen LogP contribution in [0.15, 0.2) is 18.2 Å². The first-order chi connectivity index (χ1) is 9.70. The maximum absolute atomic E-state index is 6.16. The number of hydrogen-bond acceptors (Lipinski definition) is 5. The number of aromatic nitrogens is 2. The third kappa shape index (κ3) is 4.40. The molecule has 1 aromatic carbocycles. The molecule has 20 heavy (non-hydrogen) atoms. The van der Waals surface area contributed by atoms with E-state index in [1.54, 1.807) is 30.6 Å². The zero-order valence-corrected chi connectivity index (χ0v) is 13.4. The molecule has 0 amide bonds. The van der Waals surface area contributed by atoms with E-state index in [4.69, 9.17) is 27.9 Å². The summed E-state index contributed by atoms with van der Waals surface area (Å²) in [5, 5.41) is 14.6. The van der Waals surface area contributed by atoms with Crippen LogP contribution in [-0.2, 0) is 11.2 Å². The van der Waals surface area contributed by atoms with Crippen LogP contribution in [0.5, 0.6) is 0 Å². The van der Waals surface area contributed by atoms with E-state index in [9.17, 15) is 0 Å². The average molecular weight is 332 g/mol. The second-order valence-corrected chi connectivity index (χ2v) is 6.02. The number of ether oxygens (including phenoxy) is 1. The van der Waals surface area contributed by atoms with Crippen molar-refractivity contribution in [2.45, 2.75) is 6.42 Å². The van der Waals surface area contributed by atoms with Crippen molar-refractivity contribution >= 4 is 34.5 Å². The smallest absolute Gasteiger partial charge is 0.149 e. The summed E-state index contributed by atoms with van der Waals surface area (Å²) in [4.78, 5) is 0. The summed E-state index contributed by atoms with van der Waals surface area (Å²) in [6.07, 6.45) is 0.840. The van der Waals surface area contributed by atoms with E-state index in [2.05, 4.69) is 15.5 Å². The Bertz CT molecular complexity index is 562. The Morgan fingerprint density at radius 3 is 2.85 bits per heavy atom. The fourth-order valence-corrected chi connectivity index (χ4v) is 3.05. The van der Waals surface area contributed by atoms with Gasteiger partial charge in [0.05, 0.1) is 11.6 Å². The van der Waals surface area contributed by atoms with E-state index in [0.29, 0.717) is 16.7 Å². The van der Waals surface area contributed by atoms with Crippen molar-refractivity contribution in [2.75, 3.05) is 26.8 Å². The highest BCUT2D eigenvalue weighted by atomic mass is 35.5. The summed E-state index contributed by atoms with van der Waals surface area (Å²) in [6.45, 7) is 2.40. The molecule has 0 aliphatic rings. The number of methoxy groups -OCH3 is 1. The van der Waals surface area contributed by atoms with Gasteiger partial charge in [0, 0.05) is 37.2 Å². The van der Waals surface area contributed by atoms with Crippen LogP contribution in [0.2, 0.25) is 10.0 Å². The van der Waals surface area contributed by atoms with Gasteiger partial charge in [-0.3, -0.25) is 0 Å². The maximum atomic E-state index is 6.16. The lowest BCUT2D eigenvalue weighted by atomic mass is 10.2. The van der Waals surface area contributed by atoms with E-state index in [0.717, 1.165) is 35.1 Å². The van der Waals surface area contributed by atoms with Crippen molar-refractivity contribution in [1.29, 1.82) is 0 Å². The molecule has 0 saturated heterocycles. The topological polar surface area (TPSA) is 47.0 Å². The van der Waals surface area contributed by atoms with Crippen LogP contribution in [0.25, 0.3) is 10.6 Å². The van der Waals surface area contributed by atoms with Crippen molar-refractivity contribution in [3.63, 3.8) is 0 Å². The van der Waals surface area contributed by atoms with Gasteiger partial charge in [-0.25, -0.2) is 0 Å². The summed E-state index contributed by atoms with van der Waals surface area (Å²) in [5.41, 5.74) is 0.868. The molecule has 0 spiro atoms. The molecule has 0 atom stereocenters. The Morgan fingerprint density at radius 1 is 1.25 bits per heavy atom. The Hall–Kier alpha value is -0.720. The number of nitrogens with one attached hydrogen (secondary N) is 1. The Morgan fingerprint density at radius 2 is 2.10 bits per heavy atom. The molecule has 0 aliphatic heterocycles. The van der Waals surface area contributed by atoms with Crippen LogP contribution >= 0.6 is 34.5 Å². The van der Waals surface area contributed by atoms with Crippen molar-refractivity contribution in [3.8, 4) is 10.6 Å². The van der Waals surface area contributed by atoms with Gasteiger partial charge in [0.15, 0.2) is 0 Å². The van der Waals surface area contributed by atoms with Crippen molar-refractivity contribution < 1.29 is 4.74 Å². The highest BCUT2D eigenvalue weighted by Crippen LogP contribution is 2.32. The molecule has 1 heterocycles. The van der Waals surface area contributed by atoms with Crippen LogP contribution in [0.3, 0.4) is 0 Å². The summed E-state index contributed by atoms with van der Waals surface area (Å²) < 4.78 is 4.97. The Balaban J connectivity index is 1.95. The van der Waals surface area contributed by atoms with Gasteiger partial charge in [-0.05, 0) is 18.2 Å². The fourth-order valence-electron chi connectivity index (χ4n) is 1.62. The van der Waals surface area contributed by atoms with Crippen LogP contribution in [-0.4, -0.2) is 37.0 Å². The highest BCUT2D eigenvalue weighted by Gasteiger charge is 2.10. The van der Waals surface area contributed by atoms with Gasteiger partial charge >= 0.3 is 0 Å². The van der Waals surface area contributed by atoms with Gasteiger partial charge in [-0.2, -0.15) is 0 Å². The van der Waals surface area contributed by atoms with Gasteiger partial charge in [-0.15, -0.1) is 10.2 Å². The zero-order chi connectivity index (χ0) is 14.4. The van der Waals surface area contributed by atoms with Crippen LogP contribution in [0, 0.1) is 0 Å². The molecule has 2 aromatic rings. The molecule has 0 unspecified atom stereocenters. The van der Waals surface area contributed by atoms with E-state index in [1.807, 2.05) is 6.07 Å². The third-order valence-corrected chi connectivity index (χ3v) is 4.19. The highest BCUT2D eigenvalue weighted by molar-refractivity contribution is 7.14. The first kappa shape index (κ1) is 15.7. The predicted octanol–water partition coefficient (Wildman–Crippen LogP) is 3.29. The van der Waals surface area contributed by atoms with Gasteiger partial charge in [0.25, 0.3) is 0 Å². The number of rotatable bonds is 7. The lowest BCUT2D eigenvalue weighted by Gasteiger charge is -2.01. The molecule has 2 rings (SSSR count). The molecule has 0 bridgehead atoms. The number of benzene rings is 1. The number of nitrogens with zero attached hydrogens (tertiary/aromatic N) is 2. The predicted molar refractivity (Wildman–Crippen MR) is 83.8 cm³/mol. The minimum Gasteiger partial charge on any atom is -0.383 e. The Labute approximate surface area is 132 Å². The maximum Gasteiger partial charge on any atom is 0.149 e. The summed E-state index contributed by atoms with van der Waals surface area (Å²) in [6, 6.07) is 5.38. The minimum absolute atomic E-state index is 0.596. The molecular formula is C13H15Cl2N3OS. The van der Waals surface area contributed by atoms with Crippen molar-refractivity contribution in [2.24, 2.45) is 0 Å². The molecule has 4 nitrogen and oxygen atoms in total. The second-order valence-electron chi connectivity index (χ2n) is 4.12. The van der Waals surface area contributed by atoms with Gasteiger partial charge in [0.1, 0.15) is 10.0 Å². The van der Waals surface area contributed by atoms with Crippen LogP contribution in [0.4, 0.5) is 0 Å². The van der Waals surface area contributed by atoms with Crippen LogP contribution in [0.1, 0.15) is 5.01 Å². The first-order valence-corrected chi connectivity index (χ1v) is 7.75. The molecule has 0 aliphatic carbocycles. The Kier molecular flexibility index (Phi) is 6.19. The lowest BCUT2D eigenvalue weighted by molar-refractivity contribution is 0.199. The largest absolute Gasteiger partial charge is 0.383 e. The number of halogens is 2. The number of hydrogen-bond donors (Lipinski definition) is 1. The monoisotopic (exact) mass is 331 g/mol. The van der Waals surface area contributed by atoms with Crippen molar-refractivity contribution in [3.05, 3.63) is 33.3 Å². The van der Waals surface area contributed by atoms with Crippen molar-refractivity contribution in [1.82, 2.24) is 15.5 Å². The van der Waals surface area contributed by atoms with E-state index in [-0.39, 0.29) is 0 Å². The summed E-state index contributed by atoms with van der Waals surface area (Å²) in [5.74, 6) is 0. The molecule has 0 radical (unpaired) electrons. The molecule has 108 valence electrons.